The van der Waals surface area contributed by atoms with E-state index < -0.39 is 0 Å². The maximum atomic E-state index is 13.7. The zero-order valence-electron chi connectivity index (χ0n) is 17.0. The number of nitrogens with one attached hydrogen (secondary N) is 1. The third-order valence-corrected chi connectivity index (χ3v) is 5.88. The molecule has 1 aliphatic rings. The number of halogens is 1. The Labute approximate surface area is 175 Å². The van der Waals surface area contributed by atoms with Crippen molar-refractivity contribution < 1.29 is 14.0 Å². The average Bonchev–Trinajstić information content (AvgIpc) is 2.79. The Kier molecular flexibility index (Phi) is 5.79. The van der Waals surface area contributed by atoms with Crippen LogP contribution in [0.1, 0.15) is 34.3 Å². The predicted molar refractivity (Wildman–Crippen MR) is 116 cm³/mol. The smallest absolute Gasteiger partial charge is 0.254 e. The third kappa shape index (κ3) is 4.20. The van der Waals surface area contributed by atoms with E-state index in [1.807, 2.05) is 53.4 Å². The summed E-state index contributed by atoms with van der Waals surface area (Å²) in [6, 6.07) is 18.6. The topological polar surface area (TPSA) is 49.4 Å². The number of piperidine rings is 1. The van der Waals surface area contributed by atoms with Crippen LogP contribution < -0.4 is 5.32 Å². The number of hydrogen-bond donors (Lipinski definition) is 1. The van der Waals surface area contributed by atoms with Crippen molar-refractivity contribution in [2.75, 3.05) is 13.1 Å². The number of fused-ring (bicyclic) bond motifs is 1. The molecule has 0 unspecified atom stereocenters. The summed E-state index contributed by atoms with van der Waals surface area (Å²) < 4.78 is 13.7. The van der Waals surface area contributed by atoms with Gasteiger partial charge < -0.3 is 10.2 Å². The van der Waals surface area contributed by atoms with Gasteiger partial charge in [0.1, 0.15) is 5.82 Å². The zero-order chi connectivity index (χ0) is 21.1. The van der Waals surface area contributed by atoms with E-state index in [9.17, 15) is 14.0 Å². The lowest BCUT2D eigenvalue weighted by molar-refractivity contribution is -0.126. The van der Waals surface area contributed by atoms with Crippen LogP contribution in [0.5, 0.6) is 0 Å². The van der Waals surface area contributed by atoms with E-state index in [1.165, 1.54) is 6.07 Å². The fourth-order valence-corrected chi connectivity index (χ4v) is 4.01. The van der Waals surface area contributed by atoms with Crippen molar-refractivity contribution in [2.24, 2.45) is 5.92 Å². The van der Waals surface area contributed by atoms with Gasteiger partial charge in [-0.05, 0) is 53.8 Å². The fraction of sp³-hybridized carbons (Fsp3) is 0.280. The number of amides is 2. The highest BCUT2D eigenvalue weighted by Gasteiger charge is 2.28. The van der Waals surface area contributed by atoms with Gasteiger partial charge in [0.05, 0.1) is 0 Å². The maximum Gasteiger partial charge on any atom is 0.254 e. The quantitative estimate of drug-likeness (QED) is 0.698. The summed E-state index contributed by atoms with van der Waals surface area (Å²) >= 11 is 0. The molecule has 0 bridgehead atoms. The number of hydrogen-bond acceptors (Lipinski definition) is 2. The number of carbonyl (C=O) groups excluding carboxylic acids is 2. The molecule has 0 saturated carbocycles. The molecule has 4 rings (SSSR count). The van der Waals surface area contributed by atoms with Gasteiger partial charge in [-0.15, -0.1) is 0 Å². The third-order valence-electron chi connectivity index (χ3n) is 5.88. The monoisotopic (exact) mass is 404 g/mol. The first-order valence-electron chi connectivity index (χ1n) is 10.3. The number of benzene rings is 3. The van der Waals surface area contributed by atoms with E-state index in [0.717, 1.165) is 16.3 Å². The molecule has 0 atom stereocenters. The molecule has 0 aromatic heterocycles. The largest absolute Gasteiger partial charge is 0.352 e. The Morgan fingerprint density at radius 2 is 1.77 bits per heavy atom. The number of aryl methyl sites for hydroxylation is 1. The highest BCUT2D eigenvalue weighted by molar-refractivity contribution is 6.07. The minimum atomic E-state index is -0.262. The van der Waals surface area contributed by atoms with Crippen LogP contribution in [0.15, 0.2) is 60.7 Å². The van der Waals surface area contributed by atoms with Gasteiger partial charge in [-0.2, -0.15) is 0 Å². The van der Waals surface area contributed by atoms with E-state index in [-0.39, 0.29) is 23.5 Å². The first kappa shape index (κ1) is 20.1. The van der Waals surface area contributed by atoms with Crippen molar-refractivity contribution in [2.45, 2.75) is 26.3 Å². The van der Waals surface area contributed by atoms with Gasteiger partial charge in [0.15, 0.2) is 0 Å². The minimum Gasteiger partial charge on any atom is -0.352 e. The van der Waals surface area contributed by atoms with Gasteiger partial charge >= 0.3 is 0 Å². The molecule has 0 spiro atoms. The van der Waals surface area contributed by atoms with Crippen LogP contribution in [0.3, 0.4) is 0 Å². The summed E-state index contributed by atoms with van der Waals surface area (Å²) in [7, 11) is 0. The second-order valence-electron chi connectivity index (χ2n) is 7.89. The summed E-state index contributed by atoms with van der Waals surface area (Å²) in [6.07, 6.45) is 1.26. The van der Waals surface area contributed by atoms with E-state index in [1.54, 1.807) is 13.0 Å². The van der Waals surface area contributed by atoms with Crippen molar-refractivity contribution >= 4 is 22.6 Å². The van der Waals surface area contributed by atoms with Gasteiger partial charge in [-0.3, -0.25) is 9.59 Å². The van der Waals surface area contributed by atoms with E-state index in [4.69, 9.17) is 0 Å². The van der Waals surface area contributed by atoms with Gasteiger partial charge in [0, 0.05) is 31.1 Å². The maximum absolute atomic E-state index is 13.7. The van der Waals surface area contributed by atoms with Crippen LogP contribution in [0.4, 0.5) is 4.39 Å². The van der Waals surface area contributed by atoms with E-state index >= 15 is 0 Å². The van der Waals surface area contributed by atoms with Gasteiger partial charge in [-0.25, -0.2) is 4.39 Å². The fourth-order valence-electron chi connectivity index (χ4n) is 4.01. The van der Waals surface area contributed by atoms with Crippen LogP contribution in [-0.4, -0.2) is 29.8 Å². The molecule has 3 aromatic carbocycles. The number of carbonyl (C=O) groups is 2. The summed E-state index contributed by atoms with van der Waals surface area (Å²) in [6.45, 7) is 3.13. The zero-order valence-corrected chi connectivity index (χ0v) is 17.0. The molecule has 0 radical (unpaired) electrons. The minimum absolute atomic E-state index is 0.0146. The molecule has 5 heteroatoms. The number of likely N-dealkylation sites (tertiary alicyclic amines) is 1. The molecule has 4 nitrogen and oxygen atoms in total. The molecule has 1 aliphatic heterocycles. The lowest BCUT2D eigenvalue weighted by Gasteiger charge is -2.31. The van der Waals surface area contributed by atoms with Gasteiger partial charge in [0.2, 0.25) is 5.91 Å². The van der Waals surface area contributed by atoms with Crippen LogP contribution in [-0.2, 0) is 11.3 Å². The molecule has 3 aromatic rings. The summed E-state index contributed by atoms with van der Waals surface area (Å²) in [5, 5.41) is 4.91. The van der Waals surface area contributed by atoms with Crippen molar-refractivity contribution in [1.29, 1.82) is 0 Å². The first-order valence-corrected chi connectivity index (χ1v) is 10.3. The molecule has 1 N–H and O–H groups in total. The second kappa shape index (κ2) is 8.66. The van der Waals surface area contributed by atoms with Gasteiger partial charge in [0.25, 0.3) is 5.91 Å². The summed E-state index contributed by atoms with van der Waals surface area (Å²) in [5.41, 5.74) is 2.04. The first-order chi connectivity index (χ1) is 14.5. The Balaban J connectivity index is 1.34. The van der Waals surface area contributed by atoms with Crippen molar-refractivity contribution in [3.05, 3.63) is 83.2 Å². The molecule has 154 valence electrons. The Hall–Kier alpha value is -3.21. The second-order valence-corrected chi connectivity index (χ2v) is 7.89. The molecule has 1 saturated heterocycles. The molecule has 2 amide bonds. The summed E-state index contributed by atoms with van der Waals surface area (Å²) in [4.78, 5) is 27.4. The van der Waals surface area contributed by atoms with Crippen molar-refractivity contribution in [3.8, 4) is 0 Å². The van der Waals surface area contributed by atoms with E-state index in [0.29, 0.717) is 43.6 Å². The van der Waals surface area contributed by atoms with Crippen LogP contribution in [0.2, 0.25) is 0 Å². The SMILES string of the molecule is Cc1ccc(CNC(=O)C2CCN(C(=O)c3cccc4ccccc34)CC2)cc1F. The Bertz CT molecular complexity index is 1080. The molecule has 1 fully saturated rings. The standard InChI is InChI=1S/C25H25FN2O2/c1-17-9-10-18(15-23(17)26)16-27-24(29)20-11-13-28(14-12-20)25(30)22-8-4-6-19-5-2-3-7-21(19)22/h2-10,15,20H,11-14,16H2,1H3,(H,27,29). The predicted octanol–water partition coefficient (Wildman–Crippen LogP) is 4.46. The van der Waals surface area contributed by atoms with Gasteiger partial charge in [-0.1, -0.05) is 48.5 Å². The molecular formula is C25H25FN2O2. The molecule has 1 heterocycles. The Morgan fingerprint density at radius 1 is 1.03 bits per heavy atom. The summed E-state index contributed by atoms with van der Waals surface area (Å²) in [5.74, 6) is -0.409. The molecule has 30 heavy (non-hydrogen) atoms. The average molecular weight is 404 g/mol. The number of rotatable bonds is 4. The molecular weight excluding hydrogens is 379 g/mol. The normalized spacial score (nSPS) is 14.7. The van der Waals surface area contributed by atoms with Crippen LogP contribution >= 0.6 is 0 Å². The lowest BCUT2D eigenvalue weighted by atomic mass is 9.94. The molecule has 0 aliphatic carbocycles. The van der Waals surface area contributed by atoms with E-state index in [2.05, 4.69) is 5.32 Å². The lowest BCUT2D eigenvalue weighted by Crippen LogP contribution is -2.43. The highest BCUT2D eigenvalue weighted by Crippen LogP contribution is 2.24. The Morgan fingerprint density at radius 3 is 2.53 bits per heavy atom. The van der Waals surface area contributed by atoms with Crippen molar-refractivity contribution in [3.63, 3.8) is 0 Å². The van der Waals surface area contributed by atoms with Crippen molar-refractivity contribution in [1.82, 2.24) is 10.2 Å². The highest BCUT2D eigenvalue weighted by atomic mass is 19.1. The van der Waals surface area contributed by atoms with Crippen LogP contribution in [0, 0.1) is 18.7 Å². The van der Waals surface area contributed by atoms with Crippen LogP contribution in [0.25, 0.3) is 10.8 Å². The number of nitrogens with zero attached hydrogens (tertiary/aromatic N) is 1.